The summed E-state index contributed by atoms with van der Waals surface area (Å²) in [5.41, 5.74) is 4.67. The summed E-state index contributed by atoms with van der Waals surface area (Å²) in [6.45, 7) is 1.13. The molecule has 0 bridgehead atoms. The van der Waals surface area contributed by atoms with Crippen LogP contribution in [0.2, 0.25) is 0 Å². The van der Waals surface area contributed by atoms with Gasteiger partial charge in [-0.25, -0.2) is 0 Å². The maximum atomic E-state index is 12.2. The van der Waals surface area contributed by atoms with E-state index in [1.54, 1.807) is 24.3 Å². The lowest BCUT2D eigenvalue weighted by Crippen LogP contribution is -2.16. The summed E-state index contributed by atoms with van der Waals surface area (Å²) in [7, 11) is 0. The molecule has 27 heavy (non-hydrogen) atoms. The summed E-state index contributed by atoms with van der Waals surface area (Å²) in [6, 6.07) is 12.6. The van der Waals surface area contributed by atoms with Crippen LogP contribution >= 0.6 is 0 Å². The number of benzene rings is 2. The van der Waals surface area contributed by atoms with Gasteiger partial charge in [0, 0.05) is 18.2 Å². The van der Waals surface area contributed by atoms with E-state index in [0.717, 1.165) is 18.4 Å². The number of aryl methyl sites for hydroxylation is 2. The van der Waals surface area contributed by atoms with E-state index in [4.69, 9.17) is 4.74 Å². The van der Waals surface area contributed by atoms with Crippen molar-refractivity contribution in [3.05, 3.63) is 64.7 Å². The Balaban J connectivity index is 1.51. The van der Waals surface area contributed by atoms with Crippen molar-refractivity contribution in [2.24, 2.45) is 0 Å². The summed E-state index contributed by atoms with van der Waals surface area (Å²) in [4.78, 5) is 35.2. The van der Waals surface area contributed by atoms with Crippen molar-refractivity contribution in [2.75, 3.05) is 11.9 Å². The van der Waals surface area contributed by atoms with Gasteiger partial charge in [0.1, 0.15) is 0 Å². The van der Waals surface area contributed by atoms with Crippen molar-refractivity contribution in [3.8, 4) is 0 Å². The van der Waals surface area contributed by atoms with E-state index in [-0.39, 0.29) is 24.7 Å². The van der Waals surface area contributed by atoms with E-state index in [1.807, 2.05) is 6.07 Å². The van der Waals surface area contributed by atoms with E-state index in [9.17, 15) is 14.4 Å². The predicted molar refractivity (Wildman–Crippen MR) is 103 cm³/mol. The van der Waals surface area contributed by atoms with E-state index in [2.05, 4.69) is 17.4 Å². The van der Waals surface area contributed by atoms with Crippen LogP contribution in [0.1, 0.15) is 46.8 Å². The molecular weight excluding hydrogens is 342 g/mol. The Morgan fingerprint density at radius 1 is 0.963 bits per heavy atom. The maximum Gasteiger partial charge on any atom is 0.310 e. The number of hydrogen-bond donors (Lipinski definition) is 1. The van der Waals surface area contributed by atoms with E-state index < -0.39 is 5.97 Å². The molecule has 0 aliphatic heterocycles. The van der Waals surface area contributed by atoms with Crippen molar-refractivity contribution in [2.45, 2.75) is 39.0 Å². The van der Waals surface area contributed by atoms with Crippen LogP contribution in [-0.4, -0.2) is 24.3 Å². The largest absolute Gasteiger partial charge is 0.457 e. The second-order valence-corrected chi connectivity index (χ2v) is 6.83. The second kappa shape index (κ2) is 8.62. The highest BCUT2D eigenvalue weighted by atomic mass is 16.5. The fraction of sp³-hybridized carbons (Fsp3) is 0.318. The number of carbonyl (C=O) groups excluding carboxylic acids is 3. The molecule has 2 aromatic carbocycles. The van der Waals surface area contributed by atoms with Crippen LogP contribution in [0.3, 0.4) is 0 Å². The van der Waals surface area contributed by atoms with Gasteiger partial charge in [0.15, 0.2) is 12.4 Å². The van der Waals surface area contributed by atoms with Gasteiger partial charge < -0.3 is 10.1 Å². The molecule has 0 fully saturated rings. The van der Waals surface area contributed by atoms with Crippen LogP contribution in [-0.2, 0) is 33.6 Å². The van der Waals surface area contributed by atoms with Gasteiger partial charge in [0.25, 0.3) is 0 Å². The first-order valence-electron chi connectivity index (χ1n) is 9.18. The third-order valence-corrected chi connectivity index (χ3v) is 4.65. The molecule has 2 aromatic rings. The Morgan fingerprint density at radius 2 is 1.67 bits per heavy atom. The number of hydrogen-bond acceptors (Lipinski definition) is 4. The van der Waals surface area contributed by atoms with Gasteiger partial charge in [-0.05, 0) is 66.6 Å². The molecule has 0 radical (unpaired) electrons. The van der Waals surface area contributed by atoms with Crippen LogP contribution in [0, 0.1) is 0 Å². The summed E-state index contributed by atoms with van der Waals surface area (Å²) < 4.78 is 5.14. The zero-order valence-electron chi connectivity index (χ0n) is 15.4. The number of carbonyl (C=O) groups is 3. The van der Waals surface area contributed by atoms with Crippen molar-refractivity contribution in [3.63, 3.8) is 0 Å². The summed E-state index contributed by atoms with van der Waals surface area (Å²) in [6.07, 6.45) is 4.75. The van der Waals surface area contributed by atoms with Crippen LogP contribution in [0.25, 0.3) is 0 Å². The molecule has 0 heterocycles. The van der Waals surface area contributed by atoms with Crippen molar-refractivity contribution in [1.82, 2.24) is 0 Å². The highest BCUT2D eigenvalue weighted by Crippen LogP contribution is 2.22. The first-order chi connectivity index (χ1) is 13.0. The van der Waals surface area contributed by atoms with Crippen LogP contribution in [0.5, 0.6) is 0 Å². The summed E-state index contributed by atoms with van der Waals surface area (Å²) in [5.74, 6) is -0.859. The molecule has 1 N–H and O–H groups in total. The number of anilines is 1. The molecule has 1 amide bonds. The molecule has 0 atom stereocenters. The van der Waals surface area contributed by atoms with Crippen molar-refractivity contribution in [1.29, 1.82) is 0 Å². The van der Waals surface area contributed by atoms with Crippen LogP contribution < -0.4 is 5.32 Å². The number of ketones is 1. The van der Waals surface area contributed by atoms with E-state index in [1.165, 1.54) is 30.9 Å². The summed E-state index contributed by atoms with van der Waals surface area (Å²) in [5, 5.41) is 2.63. The number of rotatable bonds is 6. The molecule has 0 spiro atoms. The van der Waals surface area contributed by atoms with Gasteiger partial charge in [-0.15, -0.1) is 0 Å². The fourth-order valence-corrected chi connectivity index (χ4v) is 3.29. The molecule has 0 saturated heterocycles. The van der Waals surface area contributed by atoms with Gasteiger partial charge in [-0.3, -0.25) is 14.4 Å². The average molecular weight is 365 g/mol. The minimum Gasteiger partial charge on any atom is -0.457 e. The lowest BCUT2D eigenvalue weighted by molar-refractivity contribution is -0.141. The smallest absolute Gasteiger partial charge is 0.310 e. The van der Waals surface area contributed by atoms with Crippen LogP contribution in [0.4, 0.5) is 5.69 Å². The zero-order valence-corrected chi connectivity index (χ0v) is 15.4. The lowest BCUT2D eigenvalue weighted by atomic mass is 9.90. The first-order valence-corrected chi connectivity index (χ1v) is 9.18. The third-order valence-electron chi connectivity index (χ3n) is 4.65. The molecule has 0 aromatic heterocycles. The molecule has 1 aliphatic rings. The Kier molecular flexibility index (Phi) is 6.01. The predicted octanol–water partition coefficient (Wildman–Crippen LogP) is 3.49. The quantitative estimate of drug-likeness (QED) is 0.628. The molecule has 140 valence electrons. The van der Waals surface area contributed by atoms with Crippen molar-refractivity contribution < 1.29 is 19.1 Å². The number of amides is 1. The minimum absolute atomic E-state index is 0.169. The fourth-order valence-electron chi connectivity index (χ4n) is 3.29. The highest BCUT2D eigenvalue weighted by molar-refractivity contribution is 5.98. The van der Waals surface area contributed by atoms with Gasteiger partial charge in [-0.2, -0.15) is 0 Å². The molecular formula is C22H23NO4. The van der Waals surface area contributed by atoms with Gasteiger partial charge in [0.05, 0.1) is 6.42 Å². The molecule has 0 saturated carbocycles. The molecule has 1 aliphatic carbocycles. The van der Waals surface area contributed by atoms with Gasteiger partial charge >= 0.3 is 5.97 Å². The molecule has 5 nitrogen and oxygen atoms in total. The Morgan fingerprint density at radius 3 is 2.37 bits per heavy atom. The standard InChI is InChI=1S/C22H23NO4/c1-15(24)23-20-10-8-18(9-11-20)21(25)14-27-22(26)13-16-6-7-17-4-2-3-5-19(17)12-16/h6-12H,2-5,13-14H2,1H3,(H,23,24). The maximum absolute atomic E-state index is 12.2. The molecule has 0 unspecified atom stereocenters. The van der Waals surface area contributed by atoms with Gasteiger partial charge in [-0.1, -0.05) is 18.2 Å². The monoisotopic (exact) mass is 365 g/mol. The SMILES string of the molecule is CC(=O)Nc1ccc(C(=O)COC(=O)Cc2ccc3c(c2)CCCC3)cc1. The zero-order chi connectivity index (χ0) is 19.2. The van der Waals surface area contributed by atoms with Crippen LogP contribution in [0.15, 0.2) is 42.5 Å². The topological polar surface area (TPSA) is 72.5 Å². The van der Waals surface area contributed by atoms with E-state index >= 15 is 0 Å². The highest BCUT2D eigenvalue weighted by Gasteiger charge is 2.13. The Bertz CT molecular complexity index is 855. The third kappa shape index (κ3) is 5.26. The van der Waals surface area contributed by atoms with Crippen molar-refractivity contribution >= 4 is 23.3 Å². The lowest BCUT2D eigenvalue weighted by Gasteiger charge is -2.16. The number of Topliss-reactive ketones (excluding diaryl/α,β-unsaturated/α-hetero) is 1. The van der Waals surface area contributed by atoms with E-state index in [0.29, 0.717) is 11.3 Å². The molecule has 5 heteroatoms. The minimum atomic E-state index is -0.408. The number of ether oxygens (including phenoxy) is 1. The number of fused-ring (bicyclic) bond motifs is 1. The number of nitrogens with one attached hydrogen (secondary N) is 1. The van der Waals surface area contributed by atoms with Gasteiger partial charge in [0.2, 0.25) is 5.91 Å². The second-order valence-electron chi connectivity index (χ2n) is 6.83. The first kappa shape index (κ1) is 18.8. The average Bonchev–Trinajstić information content (AvgIpc) is 2.66. The summed E-state index contributed by atoms with van der Waals surface area (Å²) >= 11 is 0. The molecule has 3 rings (SSSR count). The Labute approximate surface area is 158 Å². The number of esters is 1. The Hall–Kier alpha value is -2.95. The normalized spacial score (nSPS) is 12.8.